The molecule has 1 saturated heterocycles. The fraction of sp³-hybridized carbons (Fsp3) is 0.235. The van der Waals surface area contributed by atoms with Gasteiger partial charge in [0.2, 0.25) is 0 Å². The maximum atomic E-state index is 13.4. The average molecular weight is 546 g/mol. The second-order valence-electron chi connectivity index (χ2n) is 10.8. The number of imide groups is 1. The lowest BCUT2D eigenvalue weighted by atomic mass is 9.95. The highest BCUT2D eigenvalue weighted by Gasteiger charge is 2.35. The highest BCUT2D eigenvalue weighted by molar-refractivity contribution is 6.50. The molecule has 0 radical (unpaired) electrons. The summed E-state index contributed by atoms with van der Waals surface area (Å²) in [5.41, 5.74) is 4.58. The van der Waals surface area contributed by atoms with Crippen LogP contribution in [-0.2, 0) is 22.7 Å². The van der Waals surface area contributed by atoms with E-state index in [2.05, 4.69) is 20.9 Å². The summed E-state index contributed by atoms with van der Waals surface area (Å²) in [4.78, 5) is 29.3. The maximum absolute atomic E-state index is 13.4. The number of likely N-dealkylation sites (tertiary alicyclic amines) is 1. The van der Waals surface area contributed by atoms with Crippen LogP contribution in [0.25, 0.3) is 33.0 Å². The van der Waals surface area contributed by atoms with Gasteiger partial charge in [0.15, 0.2) is 0 Å². The van der Waals surface area contributed by atoms with Crippen molar-refractivity contribution in [3.05, 3.63) is 102 Å². The third kappa shape index (κ3) is 4.83. The molecule has 0 saturated carbocycles. The Morgan fingerprint density at radius 1 is 0.829 bits per heavy atom. The molecule has 2 aromatic heterocycles. The van der Waals surface area contributed by atoms with E-state index in [0.29, 0.717) is 34.6 Å². The minimum atomic E-state index is -0.436. The smallest absolute Gasteiger partial charge is 0.259 e. The maximum Gasteiger partial charge on any atom is 0.259 e. The van der Waals surface area contributed by atoms with Crippen LogP contribution in [0.2, 0.25) is 0 Å². The van der Waals surface area contributed by atoms with E-state index in [1.807, 2.05) is 66.9 Å². The summed E-state index contributed by atoms with van der Waals surface area (Å²) in [6.07, 6.45) is 7.19. The van der Waals surface area contributed by atoms with Crippen LogP contribution in [0, 0.1) is 0 Å². The molecule has 0 bridgehead atoms. The average Bonchev–Trinajstić information content (AvgIpc) is 3.79. The van der Waals surface area contributed by atoms with Crippen molar-refractivity contribution in [1.82, 2.24) is 14.8 Å². The Morgan fingerprint density at radius 3 is 2.41 bits per heavy atom. The number of furan rings is 1. The molecule has 1 fully saturated rings. The fourth-order valence-electron chi connectivity index (χ4n) is 6.14. The highest BCUT2D eigenvalue weighted by Crippen LogP contribution is 2.40. The summed E-state index contributed by atoms with van der Waals surface area (Å²) in [5.74, 6) is -0.241. The van der Waals surface area contributed by atoms with Gasteiger partial charge in [-0.05, 0) is 68.7 Å². The number of nitrogens with zero attached hydrogens (tertiary/aromatic N) is 2. The van der Waals surface area contributed by atoms with Gasteiger partial charge in [-0.3, -0.25) is 14.9 Å². The summed E-state index contributed by atoms with van der Waals surface area (Å²) in [6.45, 7) is 4.62. The van der Waals surface area contributed by atoms with Crippen molar-refractivity contribution in [3.63, 3.8) is 0 Å². The normalized spacial score (nSPS) is 15.9. The van der Waals surface area contributed by atoms with Gasteiger partial charge in [0.1, 0.15) is 17.9 Å². The Morgan fingerprint density at radius 2 is 1.59 bits per heavy atom. The van der Waals surface area contributed by atoms with E-state index < -0.39 is 11.8 Å². The summed E-state index contributed by atoms with van der Waals surface area (Å²) in [5, 5.41) is 4.29. The molecule has 0 aliphatic carbocycles. The Balaban J connectivity index is 1.30. The first-order valence-corrected chi connectivity index (χ1v) is 14.2. The van der Waals surface area contributed by atoms with E-state index in [-0.39, 0.29) is 0 Å². The third-order valence-corrected chi connectivity index (χ3v) is 8.10. The molecule has 206 valence electrons. The minimum absolute atomic E-state index is 0.306. The monoisotopic (exact) mass is 545 g/mol. The number of carbonyl (C=O) groups excluding carboxylic acids is 2. The van der Waals surface area contributed by atoms with Gasteiger partial charge in [0, 0.05) is 40.2 Å². The lowest BCUT2D eigenvalue weighted by Gasteiger charge is -2.14. The number of benzene rings is 3. The van der Waals surface area contributed by atoms with Crippen LogP contribution in [0.15, 0.2) is 89.7 Å². The van der Waals surface area contributed by atoms with Crippen molar-refractivity contribution in [1.29, 1.82) is 0 Å². The number of nitrogens with one attached hydrogen (secondary N) is 1. The molecule has 7 rings (SSSR count). The summed E-state index contributed by atoms with van der Waals surface area (Å²) < 4.78 is 14.2. The van der Waals surface area contributed by atoms with E-state index >= 15 is 0 Å². The molecular formula is C34H31N3O4. The number of hydrogen-bond donors (Lipinski definition) is 1. The van der Waals surface area contributed by atoms with E-state index in [0.717, 1.165) is 46.9 Å². The molecule has 7 nitrogen and oxygen atoms in total. The first-order chi connectivity index (χ1) is 20.2. The predicted molar refractivity (Wildman–Crippen MR) is 159 cm³/mol. The van der Waals surface area contributed by atoms with Gasteiger partial charge in [-0.1, -0.05) is 48.5 Å². The molecule has 2 aliphatic heterocycles. The lowest BCUT2D eigenvalue weighted by molar-refractivity contribution is -0.122. The van der Waals surface area contributed by atoms with Gasteiger partial charge < -0.3 is 18.6 Å². The van der Waals surface area contributed by atoms with Crippen LogP contribution in [0.4, 0.5) is 0 Å². The van der Waals surface area contributed by atoms with Gasteiger partial charge in [0.05, 0.1) is 17.4 Å². The van der Waals surface area contributed by atoms with Gasteiger partial charge >= 0.3 is 0 Å². The fourth-order valence-corrected chi connectivity index (χ4v) is 6.14. The molecule has 0 atom stereocenters. The standard InChI is InChI=1S/C34H31N3O4/c38-33-30(27-20-25(19-24-13-18-40-32(24)27)41-22-23-9-2-1-3-10-23)31(34(39)35-33)28-21-37(29-12-5-4-11-26(28)29)17-8-16-36-14-6-7-15-36/h1-5,9-13,18-21H,6-8,14-17,22H2,(H,35,38,39). The Hall–Kier alpha value is -4.62. The van der Waals surface area contributed by atoms with Gasteiger partial charge in [-0.2, -0.15) is 0 Å². The molecule has 5 aromatic rings. The Labute approximate surface area is 238 Å². The SMILES string of the molecule is O=C1NC(=O)C(c2cc(OCc3ccccc3)cc3ccoc23)=C1c1cn(CCCN2CCCC2)c2ccccc12. The Bertz CT molecular complexity index is 1790. The topological polar surface area (TPSA) is 76.7 Å². The van der Waals surface area contributed by atoms with E-state index in [4.69, 9.17) is 9.15 Å². The molecule has 7 heteroatoms. The first kappa shape index (κ1) is 25.4. The van der Waals surface area contributed by atoms with Crippen LogP contribution < -0.4 is 10.1 Å². The van der Waals surface area contributed by atoms with Crippen molar-refractivity contribution >= 4 is 44.8 Å². The number of fused-ring (bicyclic) bond motifs is 2. The van der Waals surface area contributed by atoms with Gasteiger partial charge in [0.25, 0.3) is 11.8 Å². The number of carbonyl (C=O) groups is 2. The molecule has 4 heterocycles. The quantitative estimate of drug-likeness (QED) is 0.229. The summed E-state index contributed by atoms with van der Waals surface area (Å²) >= 11 is 0. The van der Waals surface area contributed by atoms with E-state index in [1.54, 1.807) is 12.3 Å². The van der Waals surface area contributed by atoms with Gasteiger partial charge in [-0.15, -0.1) is 0 Å². The van der Waals surface area contributed by atoms with Crippen LogP contribution >= 0.6 is 0 Å². The largest absolute Gasteiger partial charge is 0.489 e. The van der Waals surface area contributed by atoms with E-state index in [1.165, 1.54) is 25.9 Å². The second-order valence-corrected chi connectivity index (χ2v) is 10.8. The first-order valence-electron chi connectivity index (χ1n) is 14.2. The van der Waals surface area contributed by atoms with Crippen LogP contribution in [0.5, 0.6) is 5.75 Å². The van der Waals surface area contributed by atoms with Gasteiger partial charge in [-0.25, -0.2) is 0 Å². The predicted octanol–water partition coefficient (Wildman–Crippen LogP) is 6.02. The van der Waals surface area contributed by atoms with Crippen molar-refractivity contribution in [2.45, 2.75) is 32.4 Å². The number of hydrogen-bond acceptors (Lipinski definition) is 5. The molecule has 0 unspecified atom stereocenters. The van der Waals surface area contributed by atoms with Crippen LogP contribution in [-0.4, -0.2) is 40.9 Å². The number of para-hydroxylation sites is 1. The zero-order chi connectivity index (χ0) is 27.8. The third-order valence-electron chi connectivity index (χ3n) is 8.10. The molecule has 2 aliphatic rings. The summed E-state index contributed by atoms with van der Waals surface area (Å²) in [7, 11) is 0. The molecular weight excluding hydrogens is 514 g/mol. The van der Waals surface area contributed by atoms with E-state index in [9.17, 15) is 9.59 Å². The number of ether oxygens (including phenoxy) is 1. The number of aryl methyl sites for hydroxylation is 1. The van der Waals surface area contributed by atoms with Crippen molar-refractivity contribution in [2.24, 2.45) is 0 Å². The highest BCUT2D eigenvalue weighted by atomic mass is 16.5. The molecule has 41 heavy (non-hydrogen) atoms. The number of aromatic nitrogens is 1. The lowest BCUT2D eigenvalue weighted by Crippen LogP contribution is -2.22. The Kier molecular flexibility index (Phi) is 6.65. The molecule has 3 aromatic carbocycles. The molecule has 1 N–H and O–H groups in total. The van der Waals surface area contributed by atoms with Crippen LogP contribution in [0.3, 0.4) is 0 Å². The molecule has 2 amide bonds. The molecule has 0 spiro atoms. The zero-order valence-electron chi connectivity index (χ0n) is 22.8. The van der Waals surface area contributed by atoms with Crippen molar-refractivity contribution in [2.75, 3.05) is 19.6 Å². The van der Waals surface area contributed by atoms with Crippen molar-refractivity contribution < 1.29 is 18.7 Å². The number of rotatable bonds is 9. The van der Waals surface area contributed by atoms with Crippen molar-refractivity contribution in [3.8, 4) is 5.75 Å². The number of amides is 2. The zero-order valence-corrected chi connectivity index (χ0v) is 22.8. The minimum Gasteiger partial charge on any atom is -0.489 e. The van der Waals surface area contributed by atoms with Crippen LogP contribution in [0.1, 0.15) is 36.0 Å². The second kappa shape index (κ2) is 10.7. The summed E-state index contributed by atoms with van der Waals surface area (Å²) in [6, 6.07) is 23.5.